The summed E-state index contributed by atoms with van der Waals surface area (Å²) < 4.78 is 5.48. The third kappa shape index (κ3) is 2.53. The van der Waals surface area contributed by atoms with E-state index >= 15 is 0 Å². The first-order valence-electron chi connectivity index (χ1n) is 7.31. The van der Waals surface area contributed by atoms with Crippen LogP contribution in [0.1, 0.15) is 31.2 Å². The maximum absolute atomic E-state index is 12.8. The molecule has 0 aliphatic carbocycles. The van der Waals surface area contributed by atoms with Gasteiger partial charge in [0.2, 0.25) is 5.91 Å². The summed E-state index contributed by atoms with van der Waals surface area (Å²) in [5.41, 5.74) is 1.81. The first-order valence-corrected chi connectivity index (χ1v) is 7.31. The summed E-state index contributed by atoms with van der Waals surface area (Å²) in [5.74, 6) is -1.02. The number of hydrogen-bond donors (Lipinski definition) is 1. The number of hydrogen-bond acceptors (Lipinski definition) is 3. The van der Waals surface area contributed by atoms with E-state index in [1.54, 1.807) is 4.90 Å². The van der Waals surface area contributed by atoms with Gasteiger partial charge in [-0.2, -0.15) is 0 Å². The lowest BCUT2D eigenvalue weighted by atomic mass is 9.98. The van der Waals surface area contributed by atoms with Gasteiger partial charge in [0.1, 0.15) is 0 Å². The number of amides is 1. The Bertz CT molecular complexity index is 571. The van der Waals surface area contributed by atoms with E-state index < -0.39 is 5.97 Å². The van der Waals surface area contributed by atoms with Crippen LogP contribution in [-0.4, -0.2) is 36.2 Å². The maximum atomic E-state index is 12.8. The molecule has 1 saturated heterocycles. The van der Waals surface area contributed by atoms with E-state index in [0.717, 1.165) is 17.7 Å². The van der Waals surface area contributed by atoms with Gasteiger partial charge in [0.15, 0.2) is 0 Å². The zero-order valence-corrected chi connectivity index (χ0v) is 12.0. The molecule has 3 unspecified atom stereocenters. The number of carboxylic acids is 1. The molecule has 5 heteroatoms. The Hall–Kier alpha value is -1.88. The Morgan fingerprint density at radius 1 is 1.38 bits per heavy atom. The Morgan fingerprint density at radius 3 is 2.81 bits per heavy atom. The van der Waals surface area contributed by atoms with Gasteiger partial charge in [0.05, 0.1) is 18.4 Å². The van der Waals surface area contributed by atoms with Crippen molar-refractivity contribution in [1.29, 1.82) is 0 Å². The second-order valence-electron chi connectivity index (χ2n) is 5.77. The molecule has 2 aliphatic rings. The lowest BCUT2D eigenvalue weighted by molar-refractivity contribution is -0.137. The topological polar surface area (TPSA) is 66.8 Å². The molecule has 1 N–H and O–H groups in total. The summed E-state index contributed by atoms with van der Waals surface area (Å²) in [7, 11) is 0. The van der Waals surface area contributed by atoms with E-state index in [1.165, 1.54) is 0 Å². The molecule has 1 aromatic carbocycles. The van der Waals surface area contributed by atoms with E-state index in [0.29, 0.717) is 13.2 Å². The molecule has 0 spiro atoms. The maximum Gasteiger partial charge on any atom is 0.304 e. The Labute approximate surface area is 123 Å². The third-order valence-electron chi connectivity index (χ3n) is 4.45. The summed E-state index contributed by atoms with van der Waals surface area (Å²) >= 11 is 0. The summed E-state index contributed by atoms with van der Waals surface area (Å²) in [4.78, 5) is 25.5. The van der Waals surface area contributed by atoms with Gasteiger partial charge in [-0.1, -0.05) is 18.2 Å². The number of anilines is 1. The highest BCUT2D eigenvalue weighted by Gasteiger charge is 2.39. The standard InChI is InChI=1S/C16H19NO4/c1-10-12(6-7-21-10)16(20)17-9-11(8-15(18)19)13-4-2-3-5-14(13)17/h2-5,10-12H,6-9H2,1H3,(H,18,19). The number of benzene rings is 1. The number of aliphatic carboxylic acids is 1. The van der Waals surface area contributed by atoms with Crippen molar-refractivity contribution in [3.8, 4) is 0 Å². The molecule has 0 bridgehead atoms. The van der Waals surface area contributed by atoms with E-state index in [4.69, 9.17) is 9.84 Å². The quantitative estimate of drug-likeness (QED) is 0.924. The first kappa shape index (κ1) is 14.1. The number of para-hydroxylation sites is 1. The average Bonchev–Trinajstić information content (AvgIpc) is 3.02. The number of rotatable bonds is 3. The first-order chi connectivity index (χ1) is 10.1. The molecule has 3 rings (SSSR count). The van der Waals surface area contributed by atoms with Gasteiger partial charge in [-0.3, -0.25) is 9.59 Å². The molecule has 21 heavy (non-hydrogen) atoms. The van der Waals surface area contributed by atoms with Crippen molar-refractivity contribution in [3.63, 3.8) is 0 Å². The van der Waals surface area contributed by atoms with E-state index in [1.807, 2.05) is 31.2 Å². The minimum absolute atomic E-state index is 0.0531. The van der Waals surface area contributed by atoms with Crippen LogP contribution in [0.3, 0.4) is 0 Å². The van der Waals surface area contributed by atoms with Crippen LogP contribution in [0.15, 0.2) is 24.3 Å². The largest absolute Gasteiger partial charge is 0.481 e. The highest BCUT2D eigenvalue weighted by Crippen LogP contribution is 2.39. The highest BCUT2D eigenvalue weighted by molar-refractivity contribution is 5.98. The minimum atomic E-state index is -0.832. The molecule has 0 aromatic heterocycles. The van der Waals surface area contributed by atoms with E-state index in [2.05, 4.69) is 0 Å². The minimum Gasteiger partial charge on any atom is -0.481 e. The number of fused-ring (bicyclic) bond motifs is 1. The van der Waals surface area contributed by atoms with Crippen molar-refractivity contribution in [3.05, 3.63) is 29.8 Å². The molecular formula is C16H19NO4. The van der Waals surface area contributed by atoms with Crippen LogP contribution in [0, 0.1) is 5.92 Å². The number of carbonyl (C=O) groups is 2. The molecule has 5 nitrogen and oxygen atoms in total. The van der Waals surface area contributed by atoms with Crippen molar-refractivity contribution in [1.82, 2.24) is 0 Å². The number of ether oxygens (including phenoxy) is 1. The van der Waals surface area contributed by atoms with Gasteiger partial charge in [0.25, 0.3) is 0 Å². The van der Waals surface area contributed by atoms with Crippen LogP contribution >= 0.6 is 0 Å². The molecule has 0 saturated carbocycles. The highest BCUT2D eigenvalue weighted by atomic mass is 16.5. The molecule has 2 heterocycles. The molecule has 3 atom stereocenters. The van der Waals surface area contributed by atoms with Crippen molar-refractivity contribution >= 4 is 17.6 Å². The van der Waals surface area contributed by atoms with Crippen LogP contribution in [0.5, 0.6) is 0 Å². The molecule has 0 radical (unpaired) electrons. The summed E-state index contributed by atoms with van der Waals surface area (Å²) in [5, 5.41) is 9.05. The smallest absolute Gasteiger partial charge is 0.304 e. The lowest BCUT2D eigenvalue weighted by Crippen LogP contribution is -2.38. The number of carboxylic acid groups (broad SMARTS) is 1. The second-order valence-corrected chi connectivity index (χ2v) is 5.77. The van der Waals surface area contributed by atoms with Crippen molar-refractivity contribution in [2.45, 2.75) is 31.8 Å². The molecule has 1 aromatic rings. The molecule has 1 amide bonds. The number of carbonyl (C=O) groups excluding carboxylic acids is 1. The van der Waals surface area contributed by atoms with Gasteiger partial charge in [-0.15, -0.1) is 0 Å². The molecule has 112 valence electrons. The van der Waals surface area contributed by atoms with Crippen molar-refractivity contribution in [2.75, 3.05) is 18.1 Å². The van der Waals surface area contributed by atoms with Crippen LogP contribution < -0.4 is 4.90 Å². The van der Waals surface area contributed by atoms with Gasteiger partial charge in [0, 0.05) is 24.8 Å². The van der Waals surface area contributed by atoms with Crippen LogP contribution in [-0.2, 0) is 14.3 Å². The van der Waals surface area contributed by atoms with E-state index in [-0.39, 0.29) is 30.3 Å². The second kappa shape index (κ2) is 5.48. The lowest BCUT2D eigenvalue weighted by Gasteiger charge is -2.23. The predicted molar refractivity (Wildman–Crippen MR) is 77.3 cm³/mol. The monoisotopic (exact) mass is 289 g/mol. The normalized spacial score (nSPS) is 27.7. The predicted octanol–water partition coefficient (Wildman–Crippen LogP) is 2.02. The van der Waals surface area contributed by atoms with Gasteiger partial charge in [-0.25, -0.2) is 0 Å². The van der Waals surface area contributed by atoms with Crippen LogP contribution in [0.4, 0.5) is 5.69 Å². The third-order valence-corrected chi connectivity index (χ3v) is 4.45. The fourth-order valence-corrected chi connectivity index (χ4v) is 3.35. The van der Waals surface area contributed by atoms with Crippen LogP contribution in [0.25, 0.3) is 0 Å². The Balaban J connectivity index is 1.87. The SMILES string of the molecule is CC1OCCC1C(=O)N1CC(CC(=O)O)c2ccccc21. The van der Waals surface area contributed by atoms with Gasteiger partial charge in [-0.05, 0) is 25.0 Å². The van der Waals surface area contributed by atoms with Gasteiger partial charge >= 0.3 is 5.97 Å². The summed E-state index contributed by atoms with van der Waals surface area (Å²) in [6.45, 7) is 2.99. The molecule has 1 fully saturated rings. The fourth-order valence-electron chi connectivity index (χ4n) is 3.35. The van der Waals surface area contributed by atoms with Crippen molar-refractivity contribution < 1.29 is 19.4 Å². The molecule has 2 aliphatic heterocycles. The van der Waals surface area contributed by atoms with Crippen molar-refractivity contribution in [2.24, 2.45) is 5.92 Å². The van der Waals surface area contributed by atoms with Crippen LogP contribution in [0.2, 0.25) is 0 Å². The van der Waals surface area contributed by atoms with Gasteiger partial charge < -0.3 is 14.7 Å². The number of nitrogens with zero attached hydrogens (tertiary/aromatic N) is 1. The van der Waals surface area contributed by atoms with E-state index in [9.17, 15) is 9.59 Å². The zero-order chi connectivity index (χ0) is 15.0. The Kier molecular flexibility index (Phi) is 3.68. The average molecular weight is 289 g/mol. The summed E-state index contributed by atoms with van der Waals surface area (Å²) in [6, 6.07) is 7.60. The Morgan fingerprint density at radius 2 is 2.14 bits per heavy atom. The fraction of sp³-hybridized carbons (Fsp3) is 0.500. The summed E-state index contributed by atoms with van der Waals surface area (Å²) in [6.07, 6.45) is 0.725. The molecular weight excluding hydrogens is 270 g/mol. The zero-order valence-electron chi connectivity index (χ0n) is 12.0.